The molecule has 1 aliphatic rings. The van der Waals surface area contributed by atoms with E-state index in [1.165, 1.54) is 28.6 Å². The number of fused-ring (bicyclic) bond motifs is 1. The minimum Gasteiger partial charge on any atom is -0.361 e. The molecule has 1 saturated heterocycles. The molecule has 1 unspecified atom stereocenters. The molecule has 1 aromatic heterocycles. The van der Waals surface area contributed by atoms with Crippen LogP contribution in [-0.2, 0) is 21.2 Å². The maximum absolute atomic E-state index is 13.0. The van der Waals surface area contributed by atoms with E-state index >= 15 is 0 Å². The van der Waals surface area contributed by atoms with E-state index in [1.54, 1.807) is 6.20 Å². The van der Waals surface area contributed by atoms with E-state index in [4.69, 9.17) is 0 Å². The summed E-state index contributed by atoms with van der Waals surface area (Å²) in [6.45, 7) is 2.99. The summed E-state index contributed by atoms with van der Waals surface area (Å²) in [4.78, 5) is 28.0. The van der Waals surface area contributed by atoms with Crippen LogP contribution in [0.5, 0.6) is 0 Å². The number of carbonyl (C=O) groups excluding carboxylic acids is 2. The van der Waals surface area contributed by atoms with Crippen molar-refractivity contribution in [2.75, 3.05) is 13.1 Å². The number of hydrogen-bond acceptors (Lipinski definition) is 4. The van der Waals surface area contributed by atoms with Crippen LogP contribution >= 0.6 is 0 Å². The first kappa shape index (κ1) is 22.0. The van der Waals surface area contributed by atoms with Gasteiger partial charge in [-0.25, -0.2) is 8.42 Å². The maximum atomic E-state index is 13.0. The predicted octanol–water partition coefficient (Wildman–Crippen LogP) is 2.59. The third-order valence-corrected chi connectivity index (χ3v) is 7.56. The number of aromatic amines is 1. The van der Waals surface area contributed by atoms with Gasteiger partial charge in [-0.2, -0.15) is 4.31 Å². The topological polar surface area (TPSA) is 111 Å². The molecule has 0 saturated carbocycles. The molecule has 0 spiro atoms. The summed E-state index contributed by atoms with van der Waals surface area (Å²) in [5.74, 6) is -0.659. The van der Waals surface area contributed by atoms with E-state index in [2.05, 4.69) is 15.8 Å². The van der Waals surface area contributed by atoms with Crippen LogP contribution < -0.4 is 10.9 Å². The largest absolute Gasteiger partial charge is 0.361 e. The van der Waals surface area contributed by atoms with Crippen molar-refractivity contribution in [3.63, 3.8) is 0 Å². The van der Waals surface area contributed by atoms with Crippen molar-refractivity contribution in [3.8, 4) is 0 Å². The first-order chi connectivity index (χ1) is 15.3. The Balaban J connectivity index is 1.40. The lowest BCUT2D eigenvalue weighted by molar-refractivity contribution is -0.121. The molecule has 8 nitrogen and oxygen atoms in total. The molecule has 0 radical (unpaired) electrons. The molecule has 9 heteroatoms. The van der Waals surface area contributed by atoms with Gasteiger partial charge < -0.3 is 4.98 Å². The first-order valence-electron chi connectivity index (χ1n) is 10.6. The number of benzene rings is 2. The summed E-state index contributed by atoms with van der Waals surface area (Å²) >= 11 is 0. The number of piperidine rings is 1. The second-order valence-corrected chi connectivity index (χ2v) is 10.1. The lowest BCUT2D eigenvalue weighted by Crippen LogP contribution is -2.42. The molecule has 1 atom stereocenters. The van der Waals surface area contributed by atoms with E-state index in [-0.39, 0.29) is 22.8 Å². The highest BCUT2D eigenvalue weighted by atomic mass is 32.2. The van der Waals surface area contributed by atoms with Gasteiger partial charge in [0.05, 0.1) is 11.3 Å². The van der Waals surface area contributed by atoms with Crippen LogP contribution in [-0.4, -0.2) is 42.6 Å². The molecule has 2 heterocycles. The Hall–Kier alpha value is -3.17. The number of para-hydroxylation sites is 1. The van der Waals surface area contributed by atoms with Crippen molar-refractivity contribution in [2.45, 2.75) is 31.1 Å². The number of aromatic nitrogens is 1. The van der Waals surface area contributed by atoms with Gasteiger partial charge in [0.15, 0.2) is 0 Å². The maximum Gasteiger partial charge on any atom is 0.269 e. The lowest BCUT2D eigenvalue weighted by Gasteiger charge is -2.30. The number of carbonyl (C=O) groups is 2. The van der Waals surface area contributed by atoms with E-state index in [1.807, 2.05) is 31.2 Å². The van der Waals surface area contributed by atoms with Gasteiger partial charge in [0.2, 0.25) is 15.9 Å². The van der Waals surface area contributed by atoms with Gasteiger partial charge in [-0.05, 0) is 48.6 Å². The quantitative estimate of drug-likeness (QED) is 0.515. The fraction of sp³-hybridized carbons (Fsp3) is 0.304. The fourth-order valence-corrected chi connectivity index (χ4v) is 5.65. The van der Waals surface area contributed by atoms with Crippen molar-refractivity contribution in [1.29, 1.82) is 0 Å². The van der Waals surface area contributed by atoms with Gasteiger partial charge in [-0.15, -0.1) is 0 Å². The average molecular weight is 455 g/mol. The summed E-state index contributed by atoms with van der Waals surface area (Å²) in [5, 5.41) is 0.943. The number of hydrogen-bond donors (Lipinski definition) is 3. The summed E-state index contributed by atoms with van der Waals surface area (Å²) in [6.07, 6.45) is 3.68. The SMILES string of the molecule is CC1CCCN(S(=O)(=O)c2cccc(C(=O)NNC(=O)Cc3c[nH]c4ccccc34)c2)C1. The van der Waals surface area contributed by atoms with Gasteiger partial charge in [-0.1, -0.05) is 31.2 Å². The van der Waals surface area contributed by atoms with Crippen LogP contribution in [0, 0.1) is 5.92 Å². The highest BCUT2D eigenvalue weighted by molar-refractivity contribution is 7.89. The number of amides is 2. The molecule has 2 amide bonds. The van der Waals surface area contributed by atoms with Crippen LogP contribution in [0.25, 0.3) is 10.9 Å². The van der Waals surface area contributed by atoms with Crippen molar-refractivity contribution in [3.05, 3.63) is 65.9 Å². The number of nitrogens with zero attached hydrogens (tertiary/aromatic N) is 1. The minimum atomic E-state index is -3.67. The van der Waals surface area contributed by atoms with Crippen LogP contribution in [0.2, 0.25) is 0 Å². The summed E-state index contributed by atoms with van der Waals surface area (Å²) < 4.78 is 27.4. The second-order valence-electron chi connectivity index (χ2n) is 8.18. The Labute approximate surface area is 187 Å². The summed E-state index contributed by atoms with van der Waals surface area (Å²) in [6, 6.07) is 13.5. The lowest BCUT2D eigenvalue weighted by atomic mass is 10.0. The molecular weight excluding hydrogens is 428 g/mol. The molecular formula is C23H26N4O4S. The van der Waals surface area contributed by atoms with Crippen LogP contribution in [0.1, 0.15) is 35.7 Å². The highest BCUT2D eigenvalue weighted by Gasteiger charge is 2.29. The minimum absolute atomic E-state index is 0.0735. The molecule has 2 aromatic carbocycles. The van der Waals surface area contributed by atoms with Crippen LogP contribution in [0.15, 0.2) is 59.6 Å². The van der Waals surface area contributed by atoms with Crippen molar-refractivity contribution >= 4 is 32.7 Å². The number of hydrazine groups is 1. The fourth-order valence-electron chi connectivity index (χ4n) is 4.01. The number of rotatable bonds is 5. The monoisotopic (exact) mass is 454 g/mol. The average Bonchev–Trinajstić information content (AvgIpc) is 3.20. The van der Waals surface area contributed by atoms with E-state index in [9.17, 15) is 18.0 Å². The summed E-state index contributed by atoms with van der Waals surface area (Å²) in [7, 11) is -3.67. The third kappa shape index (κ3) is 4.68. The van der Waals surface area contributed by atoms with Crippen LogP contribution in [0.4, 0.5) is 0 Å². The zero-order chi connectivity index (χ0) is 22.7. The molecule has 4 rings (SSSR count). The molecule has 0 bridgehead atoms. The van der Waals surface area contributed by atoms with Crippen molar-refractivity contribution in [1.82, 2.24) is 20.1 Å². The molecule has 1 fully saturated rings. The molecule has 32 heavy (non-hydrogen) atoms. The Morgan fingerprint density at radius 2 is 1.94 bits per heavy atom. The highest BCUT2D eigenvalue weighted by Crippen LogP contribution is 2.24. The number of nitrogens with one attached hydrogen (secondary N) is 3. The normalized spacial score (nSPS) is 17.2. The summed E-state index contributed by atoms with van der Waals surface area (Å²) in [5.41, 5.74) is 6.67. The van der Waals surface area contributed by atoms with Gasteiger partial charge in [0.25, 0.3) is 5.91 Å². The standard InChI is InChI=1S/C23H26N4O4S/c1-16-6-5-11-27(15-16)32(30,31)19-8-4-7-17(12-19)23(29)26-25-22(28)13-18-14-24-21-10-3-2-9-20(18)21/h2-4,7-10,12,14,16,24H,5-6,11,13,15H2,1H3,(H,25,28)(H,26,29). The Morgan fingerprint density at radius 1 is 1.12 bits per heavy atom. The first-order valence-corrected chi connectivity index (χ1v) is 12.0. The molecule has 3 N–H and O–H groups in total. The Bertz CT molecular complexity index is 1250. The smallest absolute Gasteiger partial charge is 0.269 e. The zero-order valence-electron chi connectivity index (χ0n) is 17.8. The molecule has 3 aromatic rings. The van der Waals surface area contributed by atoms with Gasteiger partial charge >= 0.3 is 0 Å². The number of H-pyrrole nitrogens is 1. The number of sulfonamides is 1. The van der Waals surface area contributed by atoms with Gasteiger partial charge in [0, 0.05) is 35.8 Å². The second kappa shape index (κ2) is 9.13. The van der Waals surface area contributed by atoms with Crippen molar-refractivity contribution < 1.29 is 18.0 Å². The zero-order valence-corrected chi connectivity index (χ0v) is 18.6. The predicted molar refractivity (Wildman–Crippen MR) is 121 cm³/mol. The molecule has 168 valence electrons. The third-order valence-electron chi connectivity index (χ3n) is 5.70. The van der Waals surface area contributed by atoms with E-state index < -0.39 is 15.9 Å². The van der Waals surface area contributed by atoms with Crippen LogP contribution in [0.3, 0.4) is 0 Å². The van der Waals surface area contributed by atoms with E-state index in [0.29, 0.717) is 19.0 Å². The molecule has 0 aliphatic carbocycles. The Kier molecular flexibility index (Phi) is 6.29. The van der Waals surface area contributed by atoms with Gasteiger partial charge in [0.1, 0.15) is 0 Å². The Morgan fingerprint density at radius 3 is 2.75 bits per heavy atom. The molecule has 1 aliphatic heterocycles. The van der Waals surface area contributed by atoms with Crippen molar-refractivity contribution in [2.24, 2.45) is 5.92 Å². The van der Waals surface area contributed by atoms with E-state index in [0.717, 1.165) is 29.3 Å². The van der Waals surface area contributed by atoms with Gasteiger partial charge in [-0.3, -0.25) is 20.4 Å².